The fourth-order valence-electron chi connectivity index (χ4n) is 1.65. The van der Waals surface area contributed by atoms with Crippen molar-refractivity contribution in [3.05, 3.63) is 18.0 Å². The lowest BCUT2D eigenvalue weighted by molar-refractivity contribution is 0.102. The third kappa shape index (κ3) is 3.02. The van der Waals surface area contributed by atoms with Gasteiger partial charge in [-0.15, -0.1) is 5.10 Å². The van der Waals surface area contributed by atoms with E-state index < -0.39 is 5.91 Å². The average Bonchev–Trinajstić information content (AvgIpc) is 2.88. The van der Waals surface area contributed by atoms with E-state index in [2.05, 4.69) is 20.4 Å². The summed E-state index contributed by atoms with van der Waals surface area (Å²) in [6, 6.07) is 0.142. The summed E-state index contributed by atoms with van der Waals surface area (Å²) in [5.74, 6) is 0.00784. The first kappa shape index (κ1) is 14.6. The van der Waals surface area contributed by atoms with Crippen LogP contribution in [0.4, 0.5) is 5.69 Å². The number of amides is 1. The number of carbonyl (C=O) groups is 1. The number of nitrogens with one attached hydrogen (secondary N) is 1. The van der Waals surface area contributed by atoms with Crippen molar-refractivity contribution in [3.63, 3.8) is 0 Å². The van der Waals surface area contributed by atoms with E-state index in [1.807, 2.05) is 0 Å². The molecule has 0 radical (unpaired) electrons. The molecule has 0 bridgehead atoms. The number of aromatic nitrogens is 4. The lowest BCUT2D eigenvalue weighted by Gasteiger charge is -2.09. The van der Waals surface area contributed by atoms with Gasteiger partial charge in [0.25, 0.3) is 5.91 Å². The molecule has 0 fully saturated rings. The molecule has 2 heterocycles. The standard InChI is InChI=1S/C12H15N5O4/c1-17-6-7(10(16-17)19-2)9(18)14-8-5-13-12(21-4)15-11(8)20-3/h5-6H,1-4H3,(H,14,18). The molecule has 0 saturated carbocycles. The Labute approximate surface area is 120 Å². The summed E-state index contributed by atoms with van der Waals surface area (Å²) >= 11 is 0. The summed E-state index contributed by atoms with van der Waals surface area (Å²) in [6.45, 7) is 0. The quantitative estimate of drug-likeness (QED) is 0.856. The van der Waals surface area contributed by atoms with E-state index in [9.17, 15) is 4.79 Å². The minimum absolute atomic E-state index is 0.142. The van der Waals surface area contributed by atoms with Crippen molar-refractivity contribution in [3.8, 4) is 17.8 Å². The van der Waals surface area contributed by atoms with Crippen molar-refractivity contribution in [2.45, 2.75) is 0 Å². The number of hydrogen-bond acceptors (Lipinski definition) is 7. The molecule has 2 aromatic rings. The Balaban J connectivity index is 2.26. The first-order chi connectivity index (χ1) is 10.1. The number of nitrogens with zero attached hydrogens (tertiary/aromatic N) is 4. The first-order valence-corrected chi connectivity index (χ1v) is 5.93. The van der Waals surface area contributed by atoms with Crippen molar-refractivity contribution in [2.24, 2.45) is 7.05 Å². The summed E-state index contributed by atoms with van der Waals surface area (Å²) in [5.41, 5.74) is 0.604. The highest BCUT2D eigenvalue weighted by atomic mass is 16.5. The number of carbonyl (C=O) groups excluding carboxylic acids is 1. The fraction of sp³-hybridized carbons (Fsp3) is 0.333. The van der Waals surface area contributed by atoms with Crippen LogP contribution in [0.5, 0.6) is 17.8 Å². The number of aryl methyl sites for hydroxylation is 1. The zero-order valence-corrected chi connectivity index (χ0v) is 12.1. The van der Waals surface area contributed by atoms with Crippen molar-refractivity contribution < 1.29 is 19.0 Å². The smallest absolute Gasteiger partial charge is 0.319 e. The van der Waals surface area contributed by atoms with Gasteiger partial charge in [-0.2, -0.15) is 4.98 Å². The maximum Gasteiger partial charge on any atom is 0.319 e. The minimum atomic E-state index is -0.410. The first-order valence-electron chi connectivity index (χ1n) is 5.93. The average molecular weight is 293 g/mol. The third-order valence-electron chi connectivity index (χ3n) is 2.59. The number of hydrogen-bond donors (Lipinski definition) is 1. The second-order valence-corrected chi connectivity index (χ2v) is 3.96. The van der Waals surface area contributed by atoms with E-state index in [0.29, 0.717) is 5.69 Å². The highest BCUT2D eigenvalue weighted by Gasteiger charge is 2.19. The summed E-state index contributed by atoms with van der Waals surface area (Å²) < 4.78 is 16.5. The van der Waals surface area contributed by atoms with Crippen LogP contribution >= 0.6 is 0 Å². The van der Waals surface area contributed by atoms with Gasteiger partial charge in [0.15, 0.2) is 0 Å². The maximum atomic E-state index is 12.2. The molecular formula is C12H15N5O4. The molecule has 2 aromatic heterocycles. The molecule has 0 saturated heterocycles. The molecule has 0 aromatic carbocycles. The molecule has 9 heteroatoms. The fourth-order valence-corrected chi connectivity index (χ4v) is 1.65. The zero-order chi connectivity index (χ0) is 15.4. The van der Waals surface area contributed by atoms with E-state index in [1.165, 1.54) is 32.2 Å². The summed E-state index contributed by atoms with van der Waals surface area (Å²) in [6.07, 6.45) is 2.94. The lowest BCUT2D eigenvalue weighted by atomic mass is 10.3. The zero-order valence-electron chi connectivity index (χ0n) is 12.1. The molecule has 21 heavy (non-hydrogen) atoms. The Hall–Kier alpha value is -2.84. The Kier molecular flexibility index (Phi) is 4.21. The second kappa shape index (κ2) is 6.07. The second-order valence-electron chi connectivity index (χ2n) is 3.96. The van der Waals surface area contributed by atoms with Crippen molar-refractivity contribution in [1.82, 2.24) is 19.7 Å². The van der Waals surface area contributed by atoms with Crippen LogP contribution in [0, 0.1) is 0 Å². The highest BCUT2D eigenvalue weighted by molar-refractivity contribution is 6.06. The van der Waals surface area contributed by atoms with Gasteiger partial charge >= 0.3 is 6.01 Å². The highest BCUT2D eigenvalue weighted by Crippen LogP contribution is 2.24. The van der Waals surface area contributed by atoms with E-state index in [4.69, 9.17) is 14.2 Å². The van der Waals surface area contributed by atoms with E-state index in [1.54, 1.807) is 13.2 Å². The van der Waals surface area contributed by atoms with Gasteiger partial charge in [0, 0.05) is 13.2 Å². The molecule has 0 aliphatic rings. The van der Waals surface area contributed by atoms with Gasteiger partial charge in [-0.3, -0.25) is 9.48 Å². The van der Waals surface area contributed by atoms with E-state index >= 15 is 0 Å². The largest absolute Gasteiger partial charge is 0.479 e. The number of rotatable bonds is 5. The molecule has 0 aliphatic heterocycles. The predicted octanol–water partition coefficient (Wildman–Crippen LogP) is 0.488. The van der Waals surface area contributed by atoms with Crippen LogP contribution in [0.1, 0.15) is 10.4 Å². The minimum Gasteiger partial charge on any atom is -0.479 e. The van der Waals surface area contributed by atoms with Gasteiger partial charge in [0.1, 0.15) is 11.3 Å². The summed E-state index contributed by atoms with van der Waals surface area (Å²) in [5, 5.41) is 6.65. The van der Waals surface area contributed by atoms with Crippen LogP contribution in [0.25, 0.3) is 0 Å². The molecule has 1 N–H and O–H groups in total. The molecule has 0 atom stereocenters. The third-order valence-corrected chi connectivity index (χ3v) is 2.59. The van der Waals surface area contributed by atoms with Crippen molar-refractivity contribution >= 4 is 11.6 Å². The maximum absolute atomic E-state index is 12.2. The Morgan fingerprint density at radius 2 is 1.90 bits per heavy atom. The van der Waals surface area contributed by atoms with Gasteiger partial charge < -0.3 is 19.5 Å². The van der Waals surface area contributed by atoms with Gasteiger partial charge in [-0.25, -0.2) is 4.98 Å². The van der Waals surface area contributed by atoms with E-state index in [0.717, 1.165) is 0 Å². The lowest BCUT2D eigenvalue weighted by Crippen LogP contribution is -2.14. The molecular weight excluding hydrogens is 278 g/mol. The van der Waals surface area contributed by atoms with Crippen LogP contribution in [0.3, 0.4) is 0 Å². The van der Waals surface area contributed by atoms with Crippen molar-refractivity contribution in [1.29, 1.82) is 0 Å². The number of anilines is 1. The normalized spacial score (nSPS) is 10.1. The monoisotopic (exact) mass is 293 g/mol. The SMILES string of the molecule is COc1ncc(NC(=O)c2cn(C)nc2OC)c(OC)n1. The molecule has 0 aliphatic carbocycles. The Morgan fingerprint density at radius 1 is 1.19 bits per heavy atom. The Bertz CT molecular complexity index is 655. The molecule has 0 spiro atoms. The van der Waals surface area contributed by atoms with Gasteiger partial charge in [-0.05, 0) is 0 Å². The van der Waals surface area contributed by atoms with Crippen LogP contribution in [0.15, 0.2) is 12.4 Å². The number of methoxy groups -OCH3 is 3. The van der Waals surface area contributed by atoms with Crippen LogP contribution in [-0.4, -0.2) is 47.0 Å². The summed E-state index contributed by atoms with van der Waals surface area (Å²) in [7, 11) is 6.00. The predicted molar refractivity (Wildman–Crippen MR) is 72.8 cm³/mol. The Morgan fingerprint density at radius 3 is 2.52 bits per heavy atom. The van der Waals surface area contributed by atoms with Crippen LogP contribution in [-0.2, 0) is 7.05 Å². The molecule has 112 valence electrons. The molecule has 1 amide bonds. The van der Waals surface area contributed by atoms with Crippen LogP contribution in [0.2, 0.25) is 0 Å². The van der Waals surface area contributed by atoms with E-state index in [-0.39, 0.29) is 23.3 Å². The topological polar surface area (TPSA) is 100 Å². The summed E-state index contributed by atoms with van der Waals surface area (Å²) in [4.78, 5) is 20.1. The van der Waals surface area contributed by atoms with Crippen molar-refractivity contribution in [2.75, 3.05) is 26.6 Å². The molecule has 0 unspecified atom stereocenters. The number of ether oxygens (including phenoxy) is 3. The van der Waals surface area contributed by atoms with Gasteiger partial charge in [0.2, 0.25) is 11.8 Å². The van der Waals surface area contributed by atoms with Crippen LogP contribution < -0.4 is 19.5 Å². The molecule has 2 rings (SSSR count). The van der Waals surface area contributed by atoms with Gasteiger partial charge in [-0.1, -0.05) is 0 Å². The van der Waals surface area contributed by atoms with Gasteiger partial charge in [0.05, 0.1) is 27.5 Å². The molecule has 9 nitrogen and oxygen atoms in total.